The van der Waals surface area contributed by atoms with Gasteiger partial charge < -0.3 is 19.1 Å². The van der Waals surface area contributed by atoms with Gasteiger partial charge in [0.15, 0.2) is 21.3 Å². The molecule has 1 aliphatic heterocycles. The lowest BCUT2D eigenvalue weighted by Crippen LogP contribution is -2.23. The van der Waals surface area contributed by atoms with E-state index in [1.807, 2.05) is 0 Å². The van der Waals surface area contributed by atoms with E-state index in [1.165, 1.54) is 23.1 Å². The van der Waals surface area contributed by atoms with Gasteiger partial charge in [-0.3, -0.25) is 4.79 Å². The zero-order valence-electron chi connectivity index (χ0n) is 15.8. The van der Waals surface area contributed by atoms with E-state index >= 15 is 0 Å². The first-order valence-electron chi connectivity index (χ1n) is 8.53. The summed E-state index contributed by atoms with van der Waals surface area (Å²) in [7, 11) is -0.118. The summed E-state index contributed by atoms with van der Waals surface area (Å²) in [5, 5.41) is 0. The average Bonchev–Trinajstić information content (AvgIpc) is 2.70. The first-order chi connectivity index (χ1) is 13.3. The van der Waals surface area contributed by atoms with Crippen molar-refractivity contribution in [3.63, 3.8) is 0 Å². The number of carbonyl (C=O) groups is 1. The molecular weight excluding hydrogens is 382 g/mol. The Morgan fingerprint density at radius 3 is 2.46 bits per heavy atom. The van der Waals surface area contributed by atoms with E-state index in [1.54, 1.807) is 44.5 Å². The lowest BCUT2D eigenvalue weighted by Gasteiger charge is -2.21. The van der Waals surface area contributed by atoms with Gasteiger partial charge in [0, 0.05) is 25.1 Å². The first-order valence-corrected chi connectivity index (χ1v) is 10.4. The second-order valence-corrected chi connectivity index (χ2v) is 8.26. The predicted octanol–water partition coefficient (Wildman–Crippen LogP) is 2.55. The molecule has 1 aliphatic rings. The summed E-state index contributed by atoms with van der Waals surface area (Å²) >= 11 is 0. The number of methoxy groups -OCH3 is 1. The van der Waals surface area contributed by atoms with Crippen molar-refractivity contribution in [1.82, 2.24) is 0 Å². The monoisotopic (exact) mass is 403 g/mol. The Bertz CT molecular complexity index is 994. The summed E-state index contributed by atoms with van der Waals surface area (Å²) < 4.78 is 39.6. The molecular formula is C20H21NO6S. The van der Waals surface area contributed by atoms with Crippen LogP contribution in [0.2, 0.25) is 0 Å². The fourth-order valence-electron chi connectivity index (χ4n) is 2.71. The van der Waals surface area contributed by atoms with Gasteiger partial charge in [-0.25, -0.2) is 8.42 Å². The molecule has 0 spiro atoms. The zero-order chi connectivity index (χ0) is 20.3. The van der Waals surface area contributed by atoms with Gasteiger partial charge in [0.1, 0.15) is 13.2 Å². The minimum absolute atomic E-state index is 0.205. The Balaban J connectivity index is 1.78. The average molecular weight is 403 g/mol. The lowest BCUT2D eigenvalue weighted by atomic mass is 10.1. The highest BCUT2D eigenvalue weighted by Gasteiger charge is 2.18. The van der Waals surface area contributed by atoms with E-state index in [9.17, 15) is 13.2 Å². The Morgan fingerprint density at radius 1 is 1.14 bits per heavy atom. The number of hydrogen-bond acceptors (Lipinski definition) is 6. The van der Waals surface area contributed by atoms with Crippen LogP contribution in [0.1, 0.15) is 5.56 Å². The van der Waals surface area contributed by atoms with Gasteiger partial charge in [-0.1, -0.05) is 0 Å². The summed E-state index contributed by atoms with van der Waals surface area (Å²) in [6, 6.07) is 9.68. The van der Waals surface area contributed by atoms with Crippen LogP contribution in [-0.4, -0.2) is 48.0 Å². The molecule has 0 atom stereocenters. The molecule has 1 amide bonds. The van der Waals surface area contributed by atoms with Crippen LogP contribution < -0.4 is 19.1 Å². The first kappa shape index (κ1) is 19.8. The van der Waals surface area contributed by atoms with Crippen LogP contribution in [0.5, 0.6) is 17.2 Å². The fourth-order valence-corrected chi connectivity index (χ4v) is 3.34. The number of nitrogens with zero attached hydrogens (tertiary/aromatic N) is 1. The van der Waals surface area contributed by atoms with Crippen molar-refractivity contribution in [1.29, 1.82) is 0 Å². The number of sulfone groups is 1. The molecule has 0 saturated heterocycles. The maximum Gasteiger partial charge on any atom is 0.250 e. The van der Waals surface area contributed by atoms with E-state index in [0.717, 1.165) is 11.8 Å². The normalized spacial score (nSPS) is 13.4. The van der Waals surface area contributed by atoms with Gasteiger partial charge in [0.25, 0.3) is 5.91 Å². The molecule has 7 nitrogen and oxygen atoms in total. The largest absolute Gasteiger partial charge is 0.493 e. The Morgan fingerprint density at radius 2 is 1.82 bits per heavy atom. The molecule has 0 aromatic heterocycles. The minimum atomic E-state index is -3.28. The Labute approximate surface area is 164 Å². The number of fused-ring (bicyclic) bond motifs is 1. The molecule has 148 valence electrons. The summed E-state index contributed by atoms with van der Waals surface area (Å²) in [6.07, 6.45) is 4.22. The maximum atomic E-state index is 12.5. The highest BCUT2D eigenvalue weighted by molar-refractivity contribution is 7.90. The SMILES string of the molecule is COc1cc(/C=C/C(=O)N(C)c2ccc(S(C)(=O)=O)cc2)cc2c1OCCO2. The predicted molar refractivity (Wildman–Crippen MR) is 106 cm³/mol. The molecule has 0 saturated carbocycles. The smallest absolute Gasteiger partial charge is 0.250 e. The van der Waals surface area contributed by atoms with Gasteiger partial charge in [-0.2, -0.15) is 0 Å². The number of anilines is 1. The molecule has 8 heteroatoms. The van der Waals surface area contributed by atoms with Crippen LogP contribution in [0.3, 0.4) is 0 Å². The van der Waals surface area contributed by atoms with Gasteiger partial charge in [0.05, 0.1) is 12.0 Å². The molecule has 28 heavy (non-hydrogen) atoms. The second kappa shape index (κ2) is 7.93. The number of amides is 1. The molecule has 0 unspecified atom stereocenters. The van der Waals surface area contributed by atoms with Crippen LogP contribution in [0.4, 0.5) is 5.69 Å². The molecule has 0 fully saturated rings. The number of rotatable bonds is 5. The lowest BCUT2D eigenvalue weighted by molar-refractivity contribution is -0.113. The molecule has 0 aliphatic carbocycles. The second-order valence-electron chi connectivity index (χ2n) is 6.24. The topological polar surface area (TPSA) is 82.1 Å². The van der Waals surface area contributed by atoms with Crippen LogP contribution in [0, 0.1) is 0 Å². The zero-order valence-corrected chi connectivity index (χ0v) is 16.7. The number of hydrogen-bond donors (Lipinski definition) is 0. The quantitative estimate of drug-likeness (QED) is 0.714. The molecule has 0 bridgehead atoms. The summed E-state index contributed by atoms with van der Waals surface area (Å²) in [5.74, 6) is 1.40. The molecule has 1 heterocycles. The molecule has 0 radical (unpaired) electrons. The standard InChI is InChI=1S/C20H21NO6S/c1-21(15-5-7-16(8-6-15)28(3,23)24)19(22)9-4-14-12-17(25-2)20-18(13-14)26-10-11-27-20/h4-9,12-13H,10-11H2,1-3H3/b9-4+. The van der Waals surface area contributed by atoms with Crippen molar-refractivity contribution in [2.45, 2.75) is 4.90 Å². The summed E-state index contributed by atoms with van der Waals surface area (Å²) in [4.78, 5) is 14.1. The van der Waals surface area contributed by atoms with Gasteiger partial charge in [0.2, 0.25) is 5.75 Å². The number of ether oxygens (including phenoxy) is 3. The minimum Gasteiger partial charge on any atom is -0.493 e. The Kier molecular flexibility index (Phi) is 5.60. The summed E-state index contributed by atoms with van der Waals surface area (Å²) in [6.45, 7) is 0.911. The van der Waals surface area contributed by atoms with Crippen molar-refractivity contribution in [3.8, 4) is 17.2 Å². The third-order valence-electron chi connectivity index (χ3n) is 4.25. The van der Waals surface area contributed by atoms with Crippen molar-refractivity contribution in [3.05, 3.63) is 48.0 Å². The number of likely N-dealkylation sites (N-methyl/N-ethyl adjacent to an activating group) is 1. The van der Waals surface area contributed by atoms with Crippen LogP contribution in [0.15, 0.2) is 47.4 Å². The molecule has 2 aromatic rings. The summed E-state index contributed by atoms with van der Waals surface area (Å²) in [5.41, 5.74) is 1.32. The van der Waals surface area contributed by atoms with Gasteiger partial charge in [-0.15, -0.1) is 0 Å². The van der Waals surface area contributed by atoms with E-state index in [2.05, 4.69) is 0 Å². The maximum absolute atomic E-state index is 12.5. The van der Waals surface area contributed by atoms with E-state index in [0.29, 0.717) is 36.1 Å². The third kappa shape index (κ3) is 4.28. The molecule has 3 rings (SSSR count). The molecule has 0 N–H and O–H groups in total. The van der Waals surface area contributed by atoms with Crippen molar-refractivity contribution >= 4 is 27.5 Å². The van der Waals surface area contributed by atoms with Gasteiger partial charge >= 0.3 is 0 Å². The Hall–Kier alpha value is -3.00. The van der Waals surface area contributed by atoms with Crippen LogP contribution in [0.25, 0.3) is 6.08 Å². The third-order valence-corrected chi connectivity index (χ3v) is 5.38. The fraction of sp³-hybridized carbons (Fsp3) is 0.250. The van der Waals surface area contributed by atoms with Crippen molar-refractivity contribution in [2.24, 2.45) is 0 Å². The highest BCUT2D eigenvalue weighted by Crippen LogP contribution is 2.40. The molecule has 2 aromatic carbocycles. The van der Waals surface area contributed by atoms with E-state index in [4.69, 9.17) is 14.2 Å². The highest BCUT2D eigenvalue weighted by atomic mass is 32.2. The van der Waals surface area contributed by atoms with Crippen molar-refractivity contribution < 1.29 is 27.4 Å². The number of carbonyl (C=O) groups excluding carboxylic acids is 1. The number of benzene rings is 2. The van der Waals surface area contributed by atoms with E-state index < -0.39 is 9.84 Å². The van der Waals surface area contributed by atoms with Crippen LogP contribution >= 0.6 is 0 Å². The van der Waals surface area contributed by atoms with Gasteiger partial charge in [-0.05, 0) is 48.0 Å². The van der Waals surface area contributed by atoms with E-state index in [-0.39, 0.29) is 10.8 Å². The van der Waals surface area contributed by atoms with Crippen molar-refractivity contribution in [2.75, 3.05) is 38.5 Å². The van der Waals surface area contributed by atoms with Crippen LogP contribution in [-0.2, 0) is 14.6 Å².